The van der Waals surface area contributed by atoms with Crippen LogP contribution in [0.2, 0.25) is 10.0 Å². The molecular weight excluding hydrogens is 491 g/mol. The van der Waals surface area contributed by atoms with Gasteiger partial charge in [0.25, 0.3) is 5.91 Å². The molecule has 1 atom stereocenters. The van der Waals surface area contributed by atoms with Gasteiger partial charge in [-0.2, -0.15) is 0 Å². The van der Waals surface area contributed by atoms with Crippen molar-refractivity contribution in [3.63, 3.8) is 0 Å². The van der Waals surface area contributed by atoms with Crippen molar-refractivity contribution in [1.82, 2.24) is 30.3 Å². The predicted molar refractivity (Wildman–Crippen MR) is 135 cm³/mol. The standard InChI is InChI=1S/C24H22Cl2N6OS/c1-16(8-9-17-6-3-2-4-7-17)29-23(33)22-21(15-34-24-27-10-5-11-28-24)32(31-30-22)20-13-18(25)12-19(26)14-20/h2-7,10-14,16H,8-9,15H2,1H3,(H,29,33). The highest BCUT2D eigenvalue weighted by atomic mass is 35.5. The number of rotatable bonds is 9. The van der Waals surface area contributed by atoms with Crippen molar-refractivity contribution in [2.75, 3.05) is 0 Å². The lowest BCUT2D eigenvalue weighted by atomic mass is 10.1. The summed E-state index contributed by atoms with van der Waals surface area (Å²) in [7, 11) is 0. The summed E-state index contributed by atoms with van der Waals surface area (Å²) in [5.74, 6) is 0.0898. The molecule has 4 aromatic rings. The summed E-state index contributed by atoms with van der Waals surface area (Å²) in [6, 6.07) is 17.0. The molecule has 7 nitrogen and oxygen atoms in total. The van der Waals surface area contributed by atoms with Gasteiger partial charge in [-0.05, 0) is 49.6 Å². The first kappa shape index (κ1) is 24.2. The number of halogens is 2. The molecule has 1 unspecified atom stereocenters. The fourth-order valence-corrected chi connectivity index (χ4v) is 4.67. The minimum absolute atomic E-state index is 0.0450. The molecule has 34 heavy (non-hydrogen) atoms. The number of hydrogen-bond donors (Lipinski definition) is 1. The number of thioether (sulfide) groups is 1. The molecule has 10 heteroatoms. The molecule has 0 aliphatic carbocycles. The number of carbonyl (C=O) groups is 1. The Balaban J connectivity index is 1.55. The van der Waals surface area contributed by atoms with Crippen LogP contribution in [0.25, 0.3) is 5.69 Å². The highest BCUT2D eigenvalue weighted by Crippen LogP contribution is 2.26. The number of benzene rings is 2. The van der Waals surface area contributed by atoms with E-state index in [9.17, 15) is 4.79 Å². The zero-order chi connectivity index (χ0) is 23.9. The molecule has 2 aromatic heterocycles. The van der Waals surface area contributed by atoms with E-state index in [4.69, 9.17) is 23.2 Å². The van der Waals surface area contributed by atoms with Crippen molar-refractivity contribution >= 4 is 40.9 Å². The lowest BCUT2D eigenvalue weighted by Crippen LogP contribution is -2.33. The summed E-state index contributed by atoms with van der Waals surface area (Å²) >= 11 is 13.8. The molecule has 0 fully saturated rings. The molecule has 0 radical (unpaired) electrons. The van der Waals surface area contributed by atoms with Crippen molar-refractivity contribution in [3.05, 3.63) is 94.0 Å². The van der Waals surface area contributed by atoms with Crippen LogP contribution in [0, 0.1) is 0 Å². The molecule has 1 N–H and O–H groups in total. The number of amides is 1. The molecule has 4 rings (SSSR count). The van der Waals surface area contributed by atoms with Gasteiger partial charge in [0.2, 0.25) is 0 Å². The van der Waals surface area contributed by atoms with E-state index in [2.05, 4.69) is 37.7 Å². The molecule has 1 amide bonds. The summed E-state index contributed by atoms with van der Waals surface area (Å²) in [6.45, 7) is 1.98. The molecule has 0 bridgehead atoms. The fraction of sp³-hybridized carbons (Fsp3) is 0.208. The maximum absolute atomic E-state index is 13.2. The number of nitrogens with one attached hydrogen (secondary N) is 1. The molecule has 0 aliphatic heterocycles. The zero-order valence-corrected chi connectivity index (χ0v) is 20.7. The SMILES string of the molecule is CC(CCc1ccccc1)NC(=O)c1nnn(-c2cc(Cl)cc(Cl)c2)c1CSc1ncccn1. The summed E-state index contributed by atoms with van der Waals surface area (Å²) in [5, 5.41) is 13.0. The van der Waals surface area contributed by atoms with Crippen LogP contribution < -0.4 is 5.32 Å². The Kier molecular flexibility index (Phi) is 8.16. The lowest BCUT2D eigenvalue weighted by Gasteiger charge is -2.14. The molecule has 2 aromatic carbocycles. The third-order valence-corrected chi connectivity index (χ3v) is 6.36. The molecular formula is C24H22Cl2N6OS. The average Bonchev–Trinajstić information content (AvgIpc) is 3.26. The Labute approximate surface area is 211 Å². The van der Waals surface area contributed by atoms with Gasteiger partial charge in [0, 0.05) is 34.2 Å². The lowest BCUT2D eigenvalue weighted by molar-refractivity contribution is 0.0932. The van der Waals surface area contributed by atoms with E-state index < -0.39 is 0 Å². The third-order valence-electron chi connectivity index (χ3n) is 5.04. The second-order valence-corrected chi connectivity index (χ2v) is 9.46. The van der Waals surface area contributed by atoms with Crippen LogP contribution in [-0.2, 0) is 12.2 Å². The molecule has 0 saturated carbocycles. The number of nitrogens with zero attached hydrogens (tertiary/aromatic N) is 5. The number of aryl methyl sites for hydroxylation is 1. The van der Waals surface area contributed by atoms with Gasteiger partial charge < -0.3 is 5.32 Å². The molecule has 0 spiro atoms. The predicted octanol–water partition coefficient (Wildman–Crippen LogP) is 5.41. The monoisotopic (exact) mass is 512 g/mol. The molecule has 2 heterocycles. The van der Waals surface area contributed by atoms with Gasteiger partial charge in [-0.25, -0.2) is 14.6 Å². The first-order chi connectivity index (χ1) is 16.5. The van der Waals surface area contributed by atoms with E-state index in [0.717, 1.165) is 12.8 Å². The first-order valence-corrected chi connectivity index (χ1v) is 12.4. The molecule has 0 saturated heterocycles. The van der Waals surface area contributed by atoms with Gasteiger partial charge in [-0.15, -0.1) is 5.10 Å². The Bertz CT molecular complexity index is 1230. The fourth-order valence-electron chi connectivity index (χ4n) is 3.36. The van der Waals surface area contributed by atoms with Gasteiger partial charge in [0.1, 0.15) is 0 Å². The van der Waals surface area contributed by atoms with Gasteiger partial charge in [-0.3, -0.25) is 4.79 Å². The highest BCUT2D eigenvalue weighted by Gasteiger charge is 2.23. The summed E-state index contributed by atoms with van der Waals surface area (Å²) in [4.78, 5) is 21.6. The topological polar surface area (TPSA) is 85.6 Å². The van der Waals surface area contributed by atoms with Crippen LogP contribution in [0.15, 0.2) is 72.1 Å². The van der Waals surface area contributed by atoms with Crippen LogP contribution in [0.3, 0.4) is 0 Å². The highest BCUT2D eigenvalue weighted by molar-refractivity contribution is 7.98. The number of carbonyl (C=O) groups excluding carboxylic acids is 1. The van der Waals surface area contributed by atoms with E-state index in [1.165, 1.54) is 17.3 Å². The maximum atomic E-state index is 13.2. The van der Waals surface area contributed by atoms with Gasteiger partial charge >= 0.3 is 0 Å². The zero-order valence-electron chi connectivity index (χ0n) is 18.4. The largest absolute Gasteiger partial charge is 0.348 e. The van der Waals surface area contributed by atoms with Crippen molar-refractivity contribution in [2.45, 2.75) is 36.7 Å². The Hall–Kier alpha value is -2.94. The number of hydrogen-bond acceptors (Lipinski definition) is 6. The van der Waals surface area contributed by atoms with E-state index in [-0.39, 0.29) is 17.6 Å². The summed E-state index contributed by atoms with van der Waals surface area (Å²) < 4.78 is 1.58. The minimum Gasteiger partial charge on any atom is -0.348 e. The molecule has 174 valence electrons. The van der Waals surface area contributed by atoms with Crippen molar-refractivity contribution < 1.29 is 4.79 Å². The first-order valence-electron chi connectivity index (χ1n) is 10.7. The van der Waals surface area contributed by atoms with Crippen molar-refractivity contribution in [3.8, 4) is 5.69 Å². The van der Waals surface area contributed by atoms with E-state index in [1.54, 1.807) is 41.3 Å². The Morgan fingerprint density at radius 2 is 1.76 bits per heavy atom. The summed E-state index contributed by atoms with van der Waals surface area (Å²) in [5.41, 5.74) is 2.69. The maximum Gasteiger partial charge on any atom is 0.274 e. The van der Waals surface area contributed by atoms with Crippen LogP contribution in [-0.4, -0.2) is 36.9 Å². The second-order valence-electron chi connectivity index (χ2n) is 7.64. The van der Waals surface area contributed by atoms with Crippen LogP contribution >= 0.6 is 35.0 Å². The van der Waals surface area contributed by atoms with Crippen LogP contribution in [0.4, 0.5) is 0 Å². The molecule has 0 aliphatic rings. The second kappa shape index (κ2) is 11.5. The Morgan fingerprint density at radius 1 is 1.06 bits per heavy atom. The average molecular weight is 513 g/mol. The Morgan fingerprint density at radius 3 is 2.47 bits per heavy atom. The quantitative estimate of drug-likeness (QED) is 0.238. The van der Waals surface area contributed by atoms with Gasteiger partial charge in [0.05, 0.1) is 11.4 Å². The van der Waals surface area contributed by atoms with Crippen molar-refractivity contribution in [2.24, 2.45) is 0 Å². The number of aromatic nitrogens is 5. The third kappa shape index (κ3) is 6.34. The van der Waals surface area contributed by atoms with E-state index in [1.807, 2.05) is 25.1 Å². The van der Waals surface area contributed by atoms with E-state index >= 15 is 0 Å². The minimum atomic E-state index is -0.287. The van der Waals surface area contributed by atoms with Gasteiger partial charge in [0.15, 0.2) is 10.9 Å². The van der Waals surface area contributed by atoms with Crippen molar-refractivity contribution in [1.29, 1.82) is 0 Å². The van der Waals surface area contributed by atoms with Gasteiger partial charge in [-0.1, -0.05) is 70.5 Å². The van der Waals surface area contributed by atoms with E-state index in [0.29, 0.717) is 32.3 Å². The summed E-state index contributed by atoms with van der Waals surface area (Å²) in [6.07, 6.45) is 5.01. The van der Waals surface area contributed by atoms with Crippen LogP contribution in [0.5, 0.6) is 0 Å². The van der Waals surface area contributed by atoms with Crippen LogP contribution in [0.1, 0.15) is 35.1 Å². The normalized spacial score (nSPS) is 11.9. The smallest absolute Gasteiger partial charge is 0.274 e.